The third kappa shape index (κ3) is 8.25. The Morgan fingerprint density at radius 1 is 0.857 bits per heavy atom. The number of hydrogen-bond donors (Lipinski definition) is 3. The largest absolute Gasteiger partial charge is 0.461 e. The summed E-state index contributed by atoms with van der Waals surface area (Å²) >= 11 is 0. The summed E-state index contributed by atoms with van der Waals surface area (Å²) in [5.41, 5.74) is 8.99. The van der Waals surface area contributed by atoms with Gasteiger partial charge in [0.1, 0.15) is 13.2 Å². The van der Waals surface area contributed by atoms with Gasteiger partial charge >= 0.3 is 11.9 Å². The summed E-state index contributed by atoms with van der Waals surface area (Å²) in [5, 5.41) is 4.51. The van der Waals surface area contributed by atoms with E-state index in [1.165, 1.54) is 12.2 Å². The molecule has 0 aliphatic carbocycles. The molecule has 3 N–H and O–H groups in total. The van der Waals surface area contributed by atoms with Gasteiger partial charge in [0.05, 0.1) is 11.6 Å². The maximum Gasteiger partial charge on any atom is 0.306 e. The smallest absolute Gasteiger partial charge is 0.306 e. The third-order valence-electron chi connectivity index (χ3n) is 9.05. The number of nitrogens with zero attached hydrogens (tertiary/aromatic N) is 1. The minimum Gasteiger partial charge on any atom is -0.461 e. The van der Waals surface area contributed by atoms with Gasteiger partial charge in [0, 0.05) is 46.2 Å². The molecule has 2 amide bonds. The summed E-state index contributed by atoms with van der Waals surface area (Å²) < 4.78 is 10.5. The number of allylic oxidation sites excluding steroid dienone is 3. The van der Waals surface area contributed by atoms with Gasteiger partial charge in [0.2, 0.25) is 5.91 Å². The highest BCUT2D eigenvalue weighted by atomic mass is 16.5. The first-order valence-corrected chi connectivity index (χ1v) is 16.6. The number of hydrogen-bond acceptors (Lipinski definition) is 6. The Morgan fingerprint density at radius 3 is 2.06 bits per heavy atom. The number of amides is 2. The van der Waals surface area contributed by atoms with Crippen LogP contribution in [0.15, 0.2) is 58.8 Å². The zero-order valence-corrected chi connectivity index (χ0v) is 29.3. The van der Waals surface area contributed by atoms with Crippen molar-refractivity contribution in [3.63, 3.8) is 0 Å². The molecule has 1 atom stereocenters. The SMILES string of the molecule is C=CCOC(=O)CCc1c(/C=c2\[nH]/c(=C\C3=NC(=O)C(CC)=C3C)c(C)c2CCC(=O)OCC=C)[nH]c(/C=C2\NC(=O)C(C)\C2=C\C)c1C. The summed E-state index contributed by atoms with van der Waals surface area (Å²) in [5.74, 6) is -1.23. The van der Waals surface area contributed by atoms with Crippen molar-refractivity contribution in [3.05, 3.63) is 98.1 Å². The van der Waals surface area contributed by atoms with Crippen LogP contribution in [0.1, 0.15) is 80.6 Å². The maximum atomic E-state index is 12.5. The lowest BCUT2D eigenvalue weighted by Gasteiger charge is -2.05. The van der Waals surface area contributed by atoms with Crippen LogP contribution in [0.3, 0.4) is 0 Å². The molecule has 2 aliphatic rings. The zero-order valence-electron chi connectivity index (χ0n) is 29.3. The van der Waals surface area contributed by atoms with Crippen molar-refractivity contribution >= 4 is 47.7 Å². The number of rotatable bonds is 14. The normalized spacial score (nSPS) is 18.5. The van der Waals surface area contributed by atoms with Gasteiger partial charge in [0.15, 0.2) is 0 Å². The number of aliphatic imine (C=N–C) groups is 1. The highest BCUT2D eigenvalue weighted by Gasteiger charge is 2.29. The Labute approximate surface area is 287 Å². The van der Waals surface area contributed by atoms with E-state index in [9.17, 15) is 19.2 Å². The summed E-state index contributed by atoms with van der Waals surface area (Å²) in [6.45, 7) is 19.1. The van der Waals surface area contributed by atoms with Crippen molar-refractivity contribution in [3.8, 4) is 0 Å². The number of nitrogens with one attached hydrogen (secondary N) is 3. The van der Waals surface area contributed by atoms with Crippen molar-refractivity contribution in [1.82, 2.24) is 15.3 Å². The third-order valence-corrected chi connectivity index (χ3v) is 9.05. The predicted octanol–water partition coefficient (Wildman–Crippen LogP) is 4.65. The lowest BCUT2D eigenvalue weighted by Crippen LogP contribution is -2.16. The lowest BCUT2D eigenvalue weighted by atomic mass is 10.00. The van der Waals surface area contributed by atoms with Gasteiger partial charge in [-0.2, -0.15) is 0 Å². The molecule has 0 aromatic carbocycles. The second-order valence-corrected chi connectivity index (χ2v) is 12.1. The molecule has 2 aliphatic heterocycles. The Kier molecular flexibility index (Phi) is 12.1. The fourth-order valence-electron chi connectivity index (χ4n) is 6.21. The van der Waals surface area contributed by atoms with Crippen LogP contribution in [-0.2, 0) is 41.5 Å². The van der Waals surface area contributed by atoms with Crippen LogP contribution in [0.5, 0.6) is 0 Å². The van der Waals surface area contributed by atoms with Crippen LogP contribution in [0.4, 0.5) is 0 Å². The van der Waals surface area contributed by atoms with Gasteiger partial charge in [-0.1, -0.05) is 38.3 Å². The van der Waals surface area contributed by atoms with Crippen molar-refractivity contribution < 1.29 is 28.7 Å². The van der Waals surface area contributed by atoms with Crippen molar-refractivity contribution in [2.75, 3.05) is 13.2 Å². The van der Waals surface area contributed by atoms with Gasteiger partial charge in [0.25, 0.3) is 5.91 Å². The number of esters is 2. The number of carbonyl (C=O) groups is 4. The van der Waals surface area contributed by atoms with E-state index in [1.54, 1.807) is 0 Å². The van der Waals surface area contributed by atoms with E-state index in [1.807, 2.05) is 65.8 Å². The summed E-state index contributed by atoms with van der Waals surface area (Å²) in [4.78, 5) is 61.4. The Morgan fingerprint density at radius 2 is 1.49 bits per heavy atom. The fraction of sp³-hybridized carbons (Fsp3) is 0.359. The Balaban J connectivity index is 1.88. The van der Waals surface area contributed by atoms with Crippen LogP contribution < -0.4 is 16.0 Å². The molecule has 0 bridgehead atoms. The van der Waals surface area contributed by atoms with Crippen molar-refractivity contribution in [2.24, 2.45) is 10.9 Å². The van der Waals surface area contributed by atoms with Crippen LogP contribution >= 0.6 is 0 Å². The number of H-pyrrole nitrogens is 2. The number of aromatic amines is 2. The number of carbonyl (C=O) groups excluding carboxylic acids is 4. The van der Waals surface area contributed by atoms with E-state index in [4.69, 9.17) is 9.47 Å². The standard InChI is InChI=1S/C39H46N4O6/c1-9-17-48-36(44)15-13-28-23(6)30(19-32-22(5)27(12-4)39(47)42-32)40-34(28)21-35-29(14-16-37(45)49-18-10-2)24(7)31(41-35)20-33-26(11-3)25(8)38(46)43-33/h9-11,19-21,25,40-41H,1-2,12-18H2,3-8H3,(H,43,46)/b26-11-,30-19-,33-20-,34-21-. The molecule has 4 heterocycles. The average Bonchev–Trinajstić information content (AvgIpc) is 3.72. The second-order valence-electron chi connectivity index (χ2n) is 12.1. The van der Waals surface area contributed by atoms with Crippen LogP contribution in [0.2, 0.25) is 0 Å². The molecular formula is C39H46N4O6. The molecule has 0 saturated carbocycles. The molecule has 4 rings (SSSR count). The van der Waals surface area contributed by atoms with E-state index in [2.05, 4.69) is 33.4 Å². The molecule has 10 heteroatoms. The maximum absolute atomic E-state index is 12.5. The van der Waals surface area contributed by atoms with E-state index < -0.39 is 0 Å². The van der Waals surface area contributed by atoms with Gasteiger partial charge in [-0.15, -0.1) is 0 Å². The van der Waals surface area contributed by atoms with E-state index in [0.29, 0.717) is 30.5 Å². The first-order chi connectivity index (χ1) is 23.4. The van der Waals surface area contributed by atoms with Crippen molar-refractivity contribution in [2.45, 2.75) is 73.6 Å². The van der Waals surface area contributed by atoms with Crippen LogP contribution in [-0.4, -0.2) is 52.6 Å². The Hall–Kier alpha value is -5.25. The first kappa shape index (κ1) is 36.6. The highest BCUT2D eigenvalue weighted by molar-refractivity contribution is 6.30. The van der Waals surface area contributed by atoms with Gasteiger partial charge in [-0.3, -0.25) is 19.2 Å². The molecule has 10 nitrogen and oxygen atoms in total. The second kappa shape index (κ2) is 16.2. The summed E-state index contributed by atoms with van der Waals surface area (Å²) in [6, 6.07) is 0. The molecule has 0 spiro atoms. The molecule has 2 aromatic heterocycles. The molecule has 1 fully saturated rings. The van der Waals surface area contributed by atoms with Gasteiger partial charge < -0.3 is 24.8 Å². The zero-order chi connectivity index (χ0) is 35.8. The lowest BCUT2D eigenvalue weighted by molar-refractivity contribution is -0.143. The minimum absolute atomic E-state index is 0.0628. The summed E-state index contributed by atoms with van der Waals surface area (Å²) in [7, 11) is 0. The summed E-state index contributed by atoms with van der Waals surface area (Å²) in [6.07, 6.45) is 12.5. The first-order valence-electron chi connectivity index (χ1n) is 16.6. The monoisotopic (exact) mass is 666 g/mol. The minimum atomic E-state index is -0.343. The van der Waals surface area contributed by atoms with E-state index in [0.717, 1.165) is 61.2 Å². The molecular weight excluding hydrogens is 620 g/mol. The molecule has 258 valence electrons. The van der Waals surface area contributed by atoms with Crippen molar-refractivity contribution in [1.29, 1.82) is 0 Å². The molecule has 0 radical (unpaired) electrons. The van der Waals surface area contributed by atoms with Gasteiger partial charge in [-0.05, 0) is 106 Å². The fourth-order valence-corrected chi connectivity index (χ4v) is 6.21. The number of ether oxygens (including phenoxy) is 2. The highest BCUT2D eigenvalue weighted by Crippen LogP contribution is 2.29. The van der Waals surface area contributed by atoms with E-state index >= 15 is 0 Å². The average molecular weight is 667 g/mol. The molecule has 1 unspecified atom stereocenters. The van der Waals surface area contributed by atoms with Crippen LogP contribution in [0, 0.1) is 19.8 Å². The predicted molar refractivity (Wildman–Crippen MR) is 192 cm³/mol. The van der Waals surface area contributed by atoms with Gasteiger partial charge in [-0.25, -0.2) is 4.99 Å². The Bertz CT molecular complexity index is 1950. The number of aromatic nitrogens is 2. The quantitative estimate of drug-likeness (QED) is 0.198. The van der Waals surface area contributed by atoms with Crippen LogP contribution in [0.25, 0.3) is 18.2 Å². The molecule has 1 saturated heterocycles. The van der Waals surface area contributed by atoms with E-state index in [-0.39, 0.29) is 55.7 Å². The topological polar surface area (TPSA) is 143 Å². The molecule has 49 heavy (non-hydrogen) atoms. The molecule has 2 aromatic rings.